The zero-order valence-electron chi connectivity index (χ0n) is 11.0. The molecule has 0 aromatic heterocycles. The molecule has 0 aliphatic carbocycles. The van der Waals surface area contributed by atoms with Crippen LogP contribution in [0.4, 0.5) is 4.79 Å². The number of hydrogen-bond donors (Lipinski definition) is 3. The fourth-order valence-electron chi connectivity index (χ4n) is 1.52. The summed E-state index contributed by atoms with van der Waals surface area (Å²) in [5.74, 6) is 0.487. The zero-order chi connectivity index (χ0) is 14.8. The average molecular weight is 294 g/mol. The Morgan fingerprint density at radius 1 is 1.35 bits per heavy atom. The van der Waals surface area contributed by atoms with Crippen molar-refractivity contribution < 1.29 is 14.7 Å². The van der Waals surface area contributed by atoms with Gasteiger partial charge in [-0.15, -0.1) is 6.58 Å². The maximum atomic E-state index is 11.6. The number of carbonyl (C=O) groups excluding carboxylic acids is 1. The molecule has 1 aromatic rings. The first-order chi connectivity index (χ1) is 9.65. The molecule has 108 valence electrons. The number of nitrogens with one attached hydrogen (secondary N) is 2. The monoisotopic (exact) mass is 294 g/mol. The van der Waals surface area contributed by atoms with Gasteiger partial charge in [-0.25, -0.2) is 9.59 Å². The lowest BCUT2D eigenvalue weighted by Gasteiger charge is -2.15. The smallest absolute Gasteiger partial charge is 0.330 e. The molecule has 0 saturated heterocycles. The molecule has 1 atom stereocenters. The fraction of sp³-hybridized carbons (Fsp3) is 0.286. The highest BCUT2D eigenvalue weighted by Crippen LogP contribution is 2.12. The molecular formula is C14H18N2O3S. The van der Waals surface area contributed by atoms with Crippen LogP contribution in [-0.4, -0.2) is 35.2 Å². The molecule has 1 rings (SSSR count). The number of benzene rings is 1. The van der Waals surface area contributed by atoms with Gasteiger partial charge in [0.1, 0.15) is 0 Å². The van der Waals surface area contributed by atoms with Crippen molar-refractivity contribution in [2.24, 2.45) is 0 Å². The highest BCUT2D eigenvalue weighted by Gasteiger charge is 2.21. The molecule has 0 radical (unpaired) electrons. The van der Waals surface area contributed by atoms with Crippen LogP contribution < -0.4 is 10.6 Å². The van der Waals surface area contributed by atoms with Gasteiger partial charge in [-0.2, -0.15) is 11.8 Å². The molecule has 5 nitrogen and oxygen atoms in total. The Kier molecular flexibility index (Phi) is 7.27. The molecule has 6 heteroatoms. The van der Waals surface area contributed by atoms with E-state index in [0.29, 0.717) is 12.1 Å². The minimum absolute atomic E-state index is 0.478. The largest absolute Gasteiger partial charge is 0.479 e. The molecule has 0 aliphatic rings. The number of carbonyl (C=O) groups is 2. The summed E-state index contributed by atoms with van der Waals surface area (Å²) in [6.07, 6.45) is 1.79. The van der Waals surface area contributed by atoms with Gasteiger partial charge in [-0.3, -0.25) is 0 Å². The third-order valence-electron chi connectivity index (χ3n) is 2.42. The number of carboxylic acids is 1. The van der Waals surface area contributed by atoms with Crippen molar-refractivity contribution in [3.05, 3.63) is 48.6 Å². The highest BCUT2D eigenvalue weighted by atomic mass is 32.2. The minimum Gasteiger partial charge on any atom is -0.479 e. The molecule has 2 amide bonds. The number of carboxylic acid groups (broad SMARTS) is 1. The SMILES string of the molecule is C=CCSCCNC(=O)N[C@H](C(=O)O)c1ccccc1. The third-order valence-corrected chi connectivity index (χ3v) is 3.39. The molecular weight excluding hydrogens is 276 g/mol. The Bertz CT molecular complexity index is 451. The van der Waals surface area contributed by atoms with E-state index in [1.54, 1.807) is 48.2 Å². The molecule has 0 aliphatic heterocycles. The van der Waals surface area contributed by atoms with E-state index in [4.69, 9.17) is 5.11 Å². The van der Waals surface area contributed by atoms with Gasteiger partial charge in [0.25, 0.3) is 0 Å². The van der Waals surface area contributed by atoms with Crippen LogP contribution in [0, 0.1) is 0 Å². The maximum Gasteiger partial charge on any atom is 0.330 e. The van der Waals surface area contributed by atoms with Gasteiger partial charge in [0.2, 0.25) is 0 Å². The third kappa shape index (κ3) is 5.79. The van der Waals surface area contributed by atoms with Gasteiger partial charge in [-0.05, 0) is 5.56 Å². The minimum atomic E-state index is -1.09. The number of amides is 2. The van der Waals surface area contributed by atoms with Crippen molar-refractivity contribution in [3.8, 4) is 0 Å². The molecule has 0 saturated carbocycles. The molecule has 0 bridgehead atoms. The number of hydrogen-bond acceptors (Lipinski definition) is 3. The summed E-state index contributed by atoms with van der Waals surface area (Å²) in [4.78, 5) is 22.8. The topological polar surface area (TPSA) is 78.4 Å². The van der Waals surface area contributed by atoms with Gasteiger partial charge in [0.15, 0.2) is 6.04 Å². The van der Waals surface area contributed by atoms with Gasteiger partial charge in [0.05, 0.1) is 0 Å². The van der Waals surface area contributed by atoms with Crippen LogP contribution in [0.2, 0.25) is 0 Å². The molecule has 3 N–H and O–H groups in total. The summed E-state index contributed by atoms with van der Waals surface area (Å²) in [6.45, 7) is 4.08. The van der Waals surface area contributed by atoms with Gasteiger partial charge in [-0.1, -0.05) is 36.4 Å². The predicted octanol–water partition coefficient (Wildman–Crippen LogP) is 2.03. The Balaban J connectivity index is 2.44. The van der Waals surface area contributed by atoms with Crippen molar-refractivity contribution in [2.45, 2.75) is 6.04 Å². The lowest BCUT2D eigenvalue weighted by atomic mass is 10.1. The molecule has 0 fully saturated rings. The normalized spacial score (nSPS) is 11.4. The van der Waals surface area contributed by atoms with Crippen LogP contribution in [0.25, 0.3) is 0 Å². The van der Waals surface area contributed by atoms with Crippen LogP contribution in [0.3, 0.4) is 0 Å². The van der Waals surface area contributed by atoms with Crippen LogP contribution in [0.1, 0.15) is 11.6 Å². The average Bonchev–Trinajstić information content (AvgIpc) is 2.45. The standard InChI is InChI=1S/C14H18N2O3S/c1-2-9-20-10-8-15-14(19)16-12(13(17)18)11-6-4-3-5-7-11/h2-7,12H,1,8-10H2,(H,17,18)(H2,15,16,19)/t12-/m0/s1. The highest BCUT2D eigenvalue weighted by molar-refractivity contribution is 7.99. The van der Waals surface area contributed by atoms with Gasteiger partial charge >= 0.3 is 12.0 Å². The van der Waals surface area contributed by atoms with Crippen molar-refractivity contribution in [2.75, 3.05) is 18.1 Å². The van der Waals surface area contributed by atoms with Crippen molar-refractivity contribution in [1.29, 1.82) is 0 Å². The lowest BCUT2D eigenvalue weighted by molar-refractivity contribution is -0.139. The van der Waals surface area contributed by atoms with Crippen LogP contribution in [0.15, 0.2) is 43.0 Å². The van der Waals surface area contributed by atoms with Gasteiger partial charge < -0.3 is 15.7 Å². The van der Waals surface area contributed by atoms with E-state index < -0.39 is 18.0 Å². The Morgan fingerprint density at radius 2 is 2.05 bits per heavy atom. The first-order valence-electron chi connectivity index (χ1n) is 6.16. The number of aliphatic carboxylic acids is 1. The Morgan fingerprint density at radius 3 is 2.65 bits per heavy atom. The van der Waals surface area contributed by atoms with Gasteiger partial charge in [0, 0.05) is 18.1 Å². The Labute approximate surface area is 122 Å². The second kappa shape index (κ2) is 9.03. The first-order valence-corrected chi connectivity index (χ1v) is 7.31. The van der Waals surface area contributed by atoms with Crippen LogP contribution >= 0.6 is 11.8 Å². The van der Waals surface area contributed by atoms with E-state index in [1.165, 1.54) is 0 Å². The summed E-state index contributed by atoms with van der Waals surface area (Å²) >= 11 is 1.64. The van der Waals surface area contributed by atoms with E-state index in [9.17, 15) is 9.59 Å². The second-order valence-corrected chi connectivity index (χ2v) is 5.10. The molecule has 0 heterocycles. The number of urea groups is 1. The molecule has 20 heavy (non-hydrogen) atoms. The Hall–Kier alpha value is -1.95. The van der Waals surface area contributed by atoms with Crippen molar-refractivity contribution >= 4 is 23.8 Å². The van der Waals surface area contributed by atoms with E-state index in [0.717, 1.165) is 11.5 Å². The van der Waals surface area contributed by atoms with Crippen molar-refractivity contribution in [1.82, 2.24) is 10.6 Å². The fourth-order valence-corrected chi connectivity index (χ4v) is 2.10. The molecule has 0 unspecified atom stereocenters. The molecule has 0 spiro atoms. The summed E-state index contributed by atoms with van der Waals surface area (Å²) in [5.41, 5.74) is 0.538. The first kappa shape index (κ1) is 16.1. The summed E-state index contributed by atoms with van der Waals surface area (Å²) < 4.78 is 0. The summed E-state index contributed by atoms with van der Waals surface area (Å²) in [5, 5.41) is 14.2. The summed E-state index contributed by atoms with van der Waals surface area (Å²) in [6, 6.07) is 7.06. The van der Waals surface area contributed by atoms with Crippen LogP contribution in [-0.2, 0) is 4.79 Å². The van der Waals surface area contributed by atoms with E-state index in [1.807, 2.05) is 0 Å². The van der Waals surface area contributed by atoms with Crippen molar-refractivity contribution in [3.63, 3.8) is 0 Å². The lowest BCUT2D eigenvalue weighted by Crippen LogP contribution is -2.41. The van der Waals surface area contributed by atoms with Crippen LogP contribution in [0.5, 0.6) is 0 Å². The zero-order valence-corrected chi connectivity index (χ0v) is 11.9. The molecule has 1 aromatic carbocycles. The summed E-state index contributed by atoms with van der Waals surface area (Å²) in [7, 11) is 0. The quantitative estimate of drug-likeness (QED) is 0.506. The van der Waals surface area contributed by atoms with E-state index in [2.05, 4.69) is 17.2 Å². The number of rotatable bonds is 8. The van der Waals surface area contributed by atoms with E-state index in [-0.39, 0.29) is 0 Å². The number of thioether (sulfide) groups is 1. The second-order valence-electron chi connectivity index (χ2n) is 3.95. The predicted molar refractivity (Wildman–Crippen MR) is 80.9 cm³/mol. The maximum absolute atomic E-state index is 11.6. The van der Waals surface area contributed by atoms with E-state index >= 15 is 0 Å².